The molecule has 2 rings (SSSR count). The van der Waals surface area contributed by atoms with Gasteiger partial charge in [-0.25, -0.2) is 0 Å². The zero-order chi connectivity index (χ0) is 9.10. The maximum atomic E-state index is 5.55. The van der Waals surface area contributed by atoms with Gasteiger partial charge in [-0.05, 0) is 18.5 Å². The summed E-state index contributed by atoms with van der Waals surface area (Å²) in [7, 11) is 1.92. The van der Waals surface area contributed by atoms with Crippen LogP contribution in [0.3, 0.4) is 0 Å². The van der Waals surface area contributed by atoms with Gasteiger partial charge in [0.15, 0.2) is 6.29 Å². The number of nitrogens with one attached hydrogen (secondary N) is 1. The average molecular weight is 199 g/mol. The average Bonchev–Trinajstić information content (AvgIpc) is 2.71. The second-order valence-corrected chi connectivity index (χ2v) is 3.98. The molecule has 0 unspecified atom stereocenters. The van der Waals surface area contributed by atoms with Crippen molar-refractivity contribution in [3.8, 4) is 0 Å². The molecule has 0 bridgehead atoms. The summed E-state index contributed by atoms with van der Waals surface area (Å²) >= 11 is 1.67. The molecule has 1 aromatic heterocycles. The van der Waals surface area contributed by atoms with Gasteiger partial charge in [-0.15, -0.1) is 11.3 Å². The van der Waals surface area contributed by atoms with Gasteiger partial charge in [-0.2, -0.15) is 0 Å². The topological polar surface area (TPSA) is 30.5 Å². The lowest BCUT2D eigenvalue weighted by molar-refractivity contribution is -0.191. The van der Waals surface area contributed by atoms with E-state index in [1.54, 1.807) is 11.3 Å². The van der Waals surface area contributed by atoms with Crippen LogP contribution in [-0.2, 0) is 9.47 Å². The van der Waals surface area contributed by atoms with Crippen LogP contribution >= 0.6 is 11.3 Å². The van der Waals surface area contributed by atoms with Gasteiger partial charge in [0.05, 0.1) is 24.1 Å². The quantitative estimate of drug-likeness (QED) is 0.780. The van der Waals surface area contributed by atoms with E-state index in [1.807, 2.05) is 24.6 Å². The summed E-state index contributed by atoms with van der Waals surface area (Å²) < 4.78 is 11.1. The summed E-state index contributed by atoms with van der Waals surface area (Å²) in [5, 5.41) is 5.16. The lowest BCUT2D eigenvalue weighted by atomic mass is 10.3. The maximum Gasteiger partial charge on any atom is 0.193 e. The zero-order valence-corrected chi connectivity index (χ0v) is 8.34. The Kier molecular flexibility index (Phi) is 2.95. The van der Waals surface area contributed by atoms with Crippen molar-refractivity contribution in [2.24, 2.45) is 0 Å². The summed E-state index contributed by atoms with van der Waals surface area (Å²) in [6.45, 7) is 1.44. The van der Waals surface area contributed by atoms with Crippen LogP contribution in [0.5, 0.6) is 0 Å². The fourth-order valence-corrected chi connectivity index (χ4v) is 1.98. The molecule has 1 aliphatic rings. The minimum atomic E-state index is -0.149. The van der Waals surface area contributed by atoms with Gasteiger partial charge in [-0.3, -0.25) is 0 Å². The highest BCUT2D eigenvalue weighted by molar-refractivity contribution is 7.10. The molecule has 1 aromatic rings. The Balaban J connectivity index is 1.92. The highest BCUT2D eigenvalue weighted by atomic mass is 32.1. The van der Waals surface area contributed by atoms with Crippen LogP contribution in [0.15, 0.2) is 17.5 Å². The van der Waals surface area contributed by atoms with E-state index in [4.69, 9.17) is 9.47 Å². The number of ether oxygens (including phenoxy) is 2. The predicted molar refractivity (Wildman–Crippen MR) is 51.8 cm³/mol. The number of likely N-dealkylation sites (N-methyl/N-ethyl adjacent to an activating group) is 1. The van der Waals surface area contributed by atoms with E-state index in [9.17, 15) is 0 Å². The van der Waals surface area contributed by atoms with Crippen molar-refractivity contribution in [1.29, 1.82) is 0 Å². The third-order valence-corrected chi connectivity index (χ3v) is 2.98. The number of hydrogen-bond donors (Lipinski definition) is 1. The molecule has 0 saturated carbocycles. The van der Waals surface area contributed by atoms with Gasteiger partial charge < -0.3 is 14.8 Å². The molecule has 1 aliphatic heterocycles. The van der Waals surface area contributed by atoms with E-state index in [2.05, 4.69) is 5.32 Å². The standard InChI is InChI=1S/C9H13NO2S/c1-10-7-5-11-9(12-6-7)8-3-2-4-13-8/h2-4,7,9-10H,5-6H2,1H3. The molecule has 0 radical (unpaired) electrons. The van der Waals surface area contributed by atoms with Gasteiger partial charge in [0.2, 0.25) is 0 Å². The molecule has 3 nitrogen and oxygen atoms in total. The normalized spacial score (nSPS) is 29.0. The van der Waals surface area contributed by atoms with Gasteiger partial charge in [0, 0.05) is 0 Å². The summed E-state index contributed by atoms with van der Waals surface area (Å²) in [6, 6.07) is 4.38. The Labute approximate surface area is 81.7 Å². The first kappa shape index (κ1) is 9.15. The van der Waals surface area contributed by atoms with E-state index in [0.717, 1.165) is 18.1 Å². The van der Waals surface area contributed by atoms with Gasteiger partial charge in [-0.1, -0.05) is 6.07 Å². The van der Waals surface area contributed by atoms with Crippen molar-refractivity contribution in [3.63, 3.8) is 0 Å². The summed E-state index contributed by atoms with van der Waals surface area (Å²) in [6.07, 6.45) is -0.149. The first-order valence-corrected chi connectivity index (χ1v) is 5.22. The van der Waals surface area contributed by atoms with Crippen molar-refractivity contribution >= 4 is 11.3 Å². The van der Waals surface area contributed by atoms with Gasteiger partial charge in [0.25, 0.3) is 0 Å². The second-order valence-electron chi connectivity index (χ2n) is 3.00. The van der Waals surface area contributed by atoms with Crippen LogP contribution in [0.25, 0.3) is 0 Å². The monoisotopic (exact) mass is 199 g/mol. The van der Waals surface area contributed by atoms with E-state index >= 15 is 0 Å². The zero-order valence-electron chi connectivity index (χ0n) is 7.53. The van der Waals surface area contributed by atoms with E-state index in [-0.39, 0.29) is 6.29 Å². The molecular weight excluding hydrogens is 186 g/mol. The van der Waals surface area contributed by atoms with Crippen molar-refractivity contribution in [1.82, 2.24) is 5.32 Å². The van der Waals surface area contributed by atoms with Crippen LogP contribution in [0.4, 0.5) is 0 Å². The van der Waals surface area contributed by atoms with Crippen molar-refractivity contribution in [2.45, 2.75) is 12.3 Å². The van der Waals surface area contributed by atoms with E-state index < -0.39 is 0 Å². The molecule has 1 fully saturated rings. The van der Waals surface area contributed by atoms with Crippen LogP contribution in [0.1, 0.15) is 11.2 Å². The largest absolute Gasteiger partial charge is 0.346 e. The predicted octanol–water partition coefficient (Wildman–Crippen LogP) is 1.38. The summed E-state index contributed by atoms with van der Waals surface area (Å²) in [5.74, 6) is 0. The molecule has 0 atom stereocenters. The van der Waals surface area contributed by atoms with Crippen LogP contribution in [-0.4, -0.2) is 26.3 Å². The van der Waals surface area contributed by atoms with E-state index in [1.165, 1.54) is 0 Å². The van der Waals surface area contributed by atoms with Crippen LogP contribution in [0, 0.1) is 0 Å². The van der Waals surface area contributed by atoms with Gasteiger partial charge >= 0.3 is 0 Å². The Bertz CT molecular complexity index is 242. The Morgan fingerprint density at radius 1 is 1.46 bits per heavy atom. The third kappa shape index (κ3) is 2.08. The third-order valence-electron chi connectivity index (χ3n) is 2.08. The molecule has 1 N–H and O–H groups in total. The Hall–Kier alpha value is -0.420. The SMILES string of the molecule is CNC1COC(c2cccs2)OC1. The fraction of sp³-hybridized carbons (Fsp3) is 0.556. The molecule has 2 heterocycles. The molecule has 0 amide bonds. The van der Waals surface area contributed by atoms with Crippen LogP contribution in [0.2, 0.25) is 0 Å². The summed E-state index contributed by atoms with van der Waals surface area (Å²) in [5.41, 5.74) is 0. The number of rotatable bonds is 2. The Morgan fingerprint density at radius 3 is 2.77 bits per heavy atom. The molecule has 72 valence electrons. The van der Waals surface area contributed by atoms with Crippen molar-refractivity contribution in [3.05, 3.63) is 22.4 Å². The van der Waals surface area contributed by atoms with Crippen molar-refractivity contribution < 1.29 is 9.47 Å². The minimum absolute atomic E-state index is 0.149. The summed E-state index contributed by atoms with van der Waals surface area (Å²) in [4.78, 5) is 1.15. The maximum absolute atomic E-state index is 5.55. The highest BCUT2D eigenvalue weighted by Crippen LogP contribution is 2.26. The second kappa shape index (κ2) is 4.19. The van der Waals surface area contributed by atoms with E-state index in [0.29, 0.717) is 6.04 Å². The van der Waals surface area contributed by atoms with Crippen molar-refractivity contribution in [2.75, 3.05) is 20.3 Å². The number of thiophene rings is 1. The Morgan fingerprint density at radius 2 is 2.23 bits per heavy atom. The molecule has 13 heavy (non-hydrogen) atoms. The van der Waals surface area contributed by atoms with Gasteiger partial charge in [0.1, 0.15) is 0 Å². The first-order valence-electron chi connectivity index (χ1n) is 4.34. The number of hydrogen-bond acceptors (Lipinski definition) is 4. The first-order chi connectivity index (χ1) is 6.40. The lowest BCUT2D eigenvalue weighted by Crippen LogP contribution is -2.40. The smallest absolute Gasteiger partial charge is 0.193 e. The molecule has 0 aromatic carbocycles. The highest BCUT2D eigenvalue weighted by Gasteiger charge is 2.22. The fourth-order valence-electron chi connectivity index (χ4n) is 1.26. The molecule has 1 saturated heterocycles. The minimum Gasteiger partial charge on any atom is -0.346 e. The molecular formula is C9H13NO2S. The lowest BCUT2D eigenvalue weighted by Gasteiger charge is -2.28. The molecule has 4 heteroatoms. The van der Waals surface area contributed by atoms with Crippen LogP contribution < -0.4 is 5.32 Å². The molecule has 0 spiro atoms. The molecule has 0 aliphatic carbocycles.